The van der Waals surface area contributed by atoms with Crippen molar-refractivity contribution in [3.8, 4) is 0 Å². The van der Waals surface area contributed by atoms with E-state index in [1.165, 1.54) is 11.1 Å². The van der Waals surface area contributed by atoms with Gasteiger partial charge in [0.05, 0.1) is 13.2 Å². The molecule has 32 heavy (non-hydrogen) atoms. The number of morpholine rings is 1. The minimum atomic E-state index is 0. The van der Waals surface area contributed by atoms with E-state index in [-0.39, 0.29) is 36.0 Å². The number of carbonyl (C=O) groups is 1. The summed E-state index contributed by atoms with van der Waals surface area (Å²) < 4.78 is 6.05. The Hall–Kier alpha value is -2.13. The highest BCUT2D eigenvalue weighted by atomic mass is 127. The molecule has 1 unspecified atom stereocenters. The third-order valence-electron chi connectivity index (χ3n) is 5.82. The van der Waals surface area contributed by atoms with Crippen LogP contribution >= 0.6 is 24.0 Å². The van der Waals surface area contributed by atoms with E-state index in [4.69, 9.17) is 4.74 Å². The van der Waals surface area contributed by atoms with Gasteiger partial charge >= 0.3 is 0 Å². The molecule has 2 aromatic carbocycles. The molecule has 0 bridgehead atoms. The third kappa shape index (κ3) is 6.45. The van der Waals surface area contributed by atoms with Gasteiger partial charge in [0.1, 0.15) is 6.10 Å². The molecule has 3 rings (SSSR count). The third-order valence-corrected chi connectivity index (χ3v) is 5.82. The summed E-state index contributed by atoms with van der Waals surface area (Å²) in [7, 11) is 1.81. The predicted molar refractivity (Wildman–Crippen MR) is 141 cm³/mol. The number of hydrogen-bond donors (Lipinski definition) is 1. The van der Waals surface area contributed by atoms with Crippen molar-refractivity contribution in [2.45, 2.75) is 33.4 Å². The molecule has 1 N–H and O–H groups in total. The lowest BCUT2D eigenvalue weighted by molar-refractivity contribution is -0.00833. The number of guanidine groups is 1. The predicted octanol–water partition coefficient (Wildman–Crippen LogP) is 4.24. The largest absolute Gasteiger partial charge is 0.370 e. The number of benzene rings is 2. The molecule has 1 aliphatic rings. The molecule has 0 saturated carbocycles. The van der Waals surface area contributed by atoms with E-state index in [9.17, 15) is 4.79 Å². The molecule has 1 saturated heterocycles. The van der Waals surface area contributed by atoms with Crippen LogP contribution in [0, 0.1) is 6.92 Å². The van der Waals surface area contributed by atoms with E-state index in [1.807, 2.05) is 50.1 Å². The molecular weight excluding hydrogens is 515 g/mol. The van der Waals surface area contributed by atoms with Gasteiger partial charge in [0.15, 0.2) is 5.96 Å². The number of ether oxygens (including phenoxy) is 1. The van der Waals surface area contributed by atoms with E-state index in [0.717, 1.165) is 43.3 Å². The molecule has 1 atom stereocenters. The number of nitrogens with zero attached hydrogens (tertiary/aromatic N) is 3. The number of aliphatic imine (C=N–C) groups is 1. The summed E-state index contributed by atoms with van der Waals surface area (Å²) >= 11 is 0. The number of carbonyl (C=O) groups excluding carboxylic acids is 1. The molecule has 1 amide bonds. The van der Waals surface area contributed by atoms with Gasteiger partial charge in [-0.1, -0.05) is 36.4 Å². The molecule has 0 aromatic heterocycles. The second kappa shape index (κ2) is 12.8. The van der Waals surface area contributed by atoms with Gasteiger partial charge in [-0.25, -0.2) is 0 Å². The van der Waals surface area contributed by atoms with Gasteiger partial charge in [0.2, 0.25) is 0 Å². The minimum absolute atomic E-state index is 0. The lowest BCUT2D eigenvalue weighted by Gasteiger charge is -2.35. The molecule has 0 spiro atoms. The van der Waals surface area contributed by atoms with Crippen LogP contribution in [-0.4, -0.2) is 61.5 Å². The Bertz CT molecular complexity index is 897. The maximum atomic E-state index is 12.5. The molecule has 2 aromatic rings. The van der Waals surface area contributed by atoms with Crippen LogP contribution in [-0.2, 0) is 11.3 Å². The van der Waals surface area contributed by atoms with Gasteiger partial charge in [-0.15, -0.1) is 24.0 Å². The Morgan fingerprint density at radius 3 is 2.47 bits per heavy atom. The van der Waals surface area contributed by atoms with Crippen molar-refractivity contribution in [1.29, 1.82) is 0 Å². The van der Waals surface area contributed by atoms with Crippen molar-refractivity contribution in [2.75, 3.05) is 39.8 Å². The smallest absolute Gasteiger partial charge is 0.253 e. The standard InChI is InChI=1S/C25H34N4O2.HI/c1-5-28(6-2)24(30)21-13-11-20(12-14-21)17-27-25(26-4)29-15-16-31-23(18-29)22-10-8-7-9-19(22)3;/h7-14,23H,5-6,15-18H2,1-4H3,(H,26,27);1H. The van der Waals surface area contributed by atoms with E-state index in [0.29, 0.717) is 13.2 Å². The first kappa shape index (κ1) is 26.1. The molecule has 174 valence electrons. The Kier molecular flexibility index (Phi) is 10.4. The number of nitrogens with one attached hydrogen (secondary N) is 1. The zero-order valence-corrected chi connectivity index (χ0v) is 21.8. The Labute approximate surface area is 209 Å². The topological polar surface area (TPSA) is 57.2 Å². The van der Waals surface area contributed by atoms with Crippen LogP contribution in [0.25, 0.3) is 0 Å². The Morgan fingerprint density at radius 2 is 1.84 bits per heavy atom. The maximum Gasteiger partial charge on any atom is 0.253 e. The van der Waals surface area contributed by atoms with Crippen molar-refractivity contribution in [3.63, 3.8) is 0 Å². The first-order valence-electron chi connectivity index (χ1n) is 11.1. The SMILES string of the molecule is CCN(CC)C(=O)c1ccc(CNC(=NC)N2CCOC(c3ccccc3C)C2)cc1.I. The van der Waals surface area contributed by atoms with Crippen molar-refractivity contribution in [1.82, 2.24) is 15.1 Å². The zero-order valence-electron chi connectivity index (χ0n) is 19.5. The molecule has 6 nitrogen and oxygen atoms in total. The molecule has 1 heterocycles. The summed E-state index contributed by atoms with van der Waals surface area (Å²) in [5.74, 6) is 0.945. The number of hydrogen-bond acceptors (Lipinski definition) is 3. The van der Waals surface area contributed by atoms with Crippen molar-refractivity contribution >= 4 is 35.8 Å². The number of rotatable bonds is 6. The van der Waals surface area contributed by atoms with Crippen LogP contribution in [0.15, 0.2) is 53.5 Å². The highest BCUT2D eigenvalue weighted by Crippen LogP contribution is 2.25. The fraction of sp³-hybridized carbons (Fsp3) is 0.440. The van der Waals surface area contributed by atoms with Gasteiger partial charge in [-0.05, 0) is 49.6 Å². The van der Waals surface area contributed by atoms with Crippen molar-refractivity contribution < 1.29 is 9.53 Å². The summed E-state index contributed by atoms with van der Waals surface area (Å²) in [6, 6.07) is 16.2. The van der Waals surface area contributed by atoms with Crippen LogP contribution in [0.3, 0.4) is 0 Å². The quantitative estimate of drug-likeness (QED) is 0.332. The summed E-state index contributed by atoms with van der Waals surface area (Å²) in [6.07, 6.45) is 0.0406. The second-order valence-corrected chi connectivity index (χ2v) is 7.74. The number of halogens is 1. The first-order chi connectivity index (χ1) is 15.1. The van der Waals surface area contributed by atoms with Gasteiger partial charge in [0, 0.05) is 38.8 Å². The summed E-state index contributed by atoms with van der Waals surface area (Å²) in [5.41, 5.74) is 4.32. The number of amides is 1. The van der Waals surface area contributed by atoms with E-state index < -0.39 is 0 Å². The Morgan fingerprint density at radius 1 is 1.16 bits per heavy atom. The average molecular weight is 550 g/mol. The molecule has 1 aliphatic heterocycles. The molecule has 7 heteroatoms. The monoisotopic (exact) mass is 550 g/mol. The highest BCUT2D eigenvalue weighted by Gasteiger charge is 2.25. The number of aryl methyl sites for hydroxylation is 1. The van der Waals surface area contributed by atoms with Gasteiger partial charge in [0.25, 0.3) is 5.91 Å². The lowest BCUT2D eigenvalue weighted by atomic mass is 10.0. The normalized spacial score (nSPS) is 16.3. The molecule has 0 aliphatic carbocycles. The van der Waals surface area contributed by atoms with Gasteiger partial charge < -0.3 is 19.9 Å². The van der Waals surface area contributed by atoms with Crippen LogP contribution < -0.4 is 5.32 Å². The Balaban J connectivity index is 0.00000363. The van der Waals surface area contributed by atoms with Gasteiger partial charge in [-0.3, -0.25) is 9.79 Å². The molecule has 0 radical (unpaired) electrons. The second-order valence-electron chi connectivity index (χ2n) is 7.74. The average Bonchev–Trinajstić information content (AvgIpc) is 2.81. The van der Waals surface area contributed by atoms with Crippen LogP contribution in [0.1, 0.15) is 47.0 Å². The molecule has 1 fully saturated rings. The fourth-order valence-corrected chi connectivity index (χ4v) is 3.95. The highest BCUT2D eigenvalue weighted by molar-refractivity contribution is 14.0. The van der Waals surface area contributed by atoms with Crippen molar-refractivity contribution in [2.24, 2.45) is 4.99 Å². The van der Waals surface area contributed by atoms with Crippen LogP contribution in [0.2, 0.25) is 0 Å². The van der Waals surface area contributed by atoms with Crippen molar-refractivity contribution in [3.05, 3.63) is 70.8 Å². The first-order valence-corrected chi connectivity index (χ1v) is 11.1. The summed E-state index contributed by atoms with van der Waals surface area (Å²) in [6.45, 7) is 10.5. The van der Waals surface area contributed by atoms with E-state index >= 15 is 0 Å². The zero-order chi connectivity index (χ0) is 22.2. The van der Waals surface area contributed by atoms with Gasteiger partial charge in [-0.2, -0.15) is 0 Å². The molecular formula is C25H35IN4O2. The lowest BCUT2D eigenvalue weighted by Crippen LogP contribution is -2.48. The van der Waals surface area contributed by atoms with E-state index in [1.54, 1.807) is 0 Å². The fourth-order valence-electron chi connectivity index (χ4n) is 3.95. The summed E-state index contributed by atoms with van der Waals surface area (Å²) in [4.78, 5) is 21.0. The maximum absolute atomic E-state index is 12.5. The van der Waals surface area contributed by atoms with E-state index in [2.05, 4.69) is 46.4 Å². The van der Waals surface area contributed by atoms with Crippen LogP contribution in [0.5, 0.6) is 0 Å². The minimum Gasteiger partial charge on any atom is -0.370 e. The summed E-state index contributed by atoms with van der Waals surface area (Å²) in [5, 5.41) is 3.46. The van der Waals surface area contributed by atoms with Crippen LogP contribution in [0.4, 0.5) is 0 Å².